The van der Waals surface area contributed by atoms with Gasteiger partial charge in [-0.25, -0.2) is 5.43 Å². The van der Waals surface area contributed by atoms with Crippen LogP contribution in [0.25, 0.3) is 5.69 Å². The van der Waals surface area contributed by atoms with Crippen molar-refractivity contribution in [1.82, 2.24) is 9.99 Å². The minimum absolute atomic E-state index is 0.473. The second-order valence-electron chi connectivity index (χ2n) is 7.64. The van der Waals surface area contributed by atoms with Crippen molar-refractivity contribution >= 4 is 12.1 Å². The molecule has 32 heavy (non-hydrogen) atoms. The van der Waals surface area contributed by atoms with Crippen molar-refractivity contribution in [3.63, 3.8) is 0 Å². The number of para-hydroxylation sites is 1. The molecule has 3 aromatic carbocycles. The predicted octanol–water partition coefficient (Wildman–Crippen LogP) is 4.48. The van der Waals surface area contributed by atoms with E-state index < -0.39 is 11.5 Å². The highest BCUT2D eigenvalue weighted by Gasteiger charge is 2.39. The van der Waals surface area contributed by atoms with E-state index >= 15 is 0 Å². The third kappa shape index (κ3) is 3.98. The number of rotatable bonds is 6. The molecule has 1 heterocycles. The van der Waals surface area contributed by atoms with Crippen LogP contribution in [0.5, 0.6) is 0 Å². The van der Waals surface area contributed by atoms with Gasteiger partial charge < -0.3 is 9.67 Å². The first kappa shape index (κ1) is 21.3. The number of aryl methyl sites for hydroxylation is 1. The zero-order chi connectivity index (χ0) is 22.6. The van der Waals surface area contributed by atoms with Crippen LogP contribution in [-0.2, 0) is 10.4 Å². The summed E-state index contributed by atoms with van der Waals surface area (Å²) in [6.07, 6.45) is 1.61. The minimum Gasteiger partial charge on any atom is -0.372 e. The van der Waals surface area contributed by atoms with E-state index in [4.69, 9.17) is 0 Å². The molecule has 0 unspecified atom stereocenters. The second-order valence-corrected chi connectivity index (χ2v) is 7.64. The first-order valence-electron chi connectivity index (χ1n) is 10.4. The second kappa shape index (κ2) is 9.04. The Kier molecular flexibility index (Phi) is 6.01. The number of nitrogens with zero attached hydrogens (tertiary/aromatic N) is 2. The predicted molar refractivity (Wildman–Crippen MR) is 127 cm³/mol. The average molecular weight is 424 g/mol. The van der Waals surface area contributed by atoms with Gasteiger partial charge in [0.1, 0.15) is 0 Å². The first-order valence-corrected chi connectivity index (χ1v) is 10.4. The van der Waals surface area contributed by atoms with Crippen molar-refractivity contribution in [2.45, 2.75) is 19.4 Å². The average Bonchev–Trinajstić information content (AvgIpc) is 3.12. The number of aromatic nitrogens is 1. The van der Waals surface area contributed by atoms with Gasteiger partial charge in [0.15, 0.2) is 5.60 Å². The number of aliphatic hydroxyl groups is 1. The number of amides is 1. The number of hydrogen-bond donors (Lipinski definition) is 2. The Bertz CT molecular complexity index is 1190. The highest BCUT2D eigenvalue weighted by molar-refractivity contribution is 5.91. The number of carbonyl (C=O) groups excluding carboxylic acids is 1. The summed E-state index contributed by atoms with van der Waals surface area (Å²) < 4.78 is 2.13. The van der Waals surface area contributed by atoms with Crippen LogP contribution in [-0.4, -0.2) is 21.8 Å². The van der Waals surface area contributed by atoms with Crippen molar-refractivity contribution < 1.29 is 9.90 Å². The molecule has 0 aliphatic heterocycles. The van der Waals surface area contributed by atoms with E-state index in [9.17, 15) is 9.90 Å². The Balaban J connectivity index is 1.61. The lowest BCUT2D eigenvalue weighted by atomic mass is 9.85. The Morgan fingerprint density at radius 2 is 1.38 bits per heavy atom. The zero-order valence-corrected chi connectivity index (χ0v) is 18.1. The van der Waals surface area contributed by atoms with Gasteiger partial charge in [0, 0.05) is 22.6 Å². The van der Waals surface area contributed by atoms with Crippen molar-refractivity contribution in [3.05, 3.63) is 125 Å². The van der Waals surface area contributed by atoms with Crippen LogP contribution in [0.2, 0.25) is 0 Å². The molecule has 1 amide bonds. The molecule has 5 heteroatoms. The molecular weight excluding hydrogens is 398 g/mol. The van der Waals surface area contributed by atoms with E-state index in [1.54, 1.807) is 54.7 Å². The van der Waals surface area contributed by atoms with Crippen molar-refractivity contribution in [2.24, 2.45) is 5.10 Å². The molecule has 2 N–H and O–H groups in total. The molecule has 0 spiro atoms. The van der Waals surface area contributed by atoms with Crippen LogP contribution in [0.3, 0.4) is 0 Å². The number of nitrogens with one attached hydrogen (secondary N) is 1. The van der Waals surface area contributed by atoms with Gasteiger partial charge in [-0.2, -0.15) is 5.10 Å². The standard InChI is InChI=1S/C27H25N3O2/c1-20-18-22(21(2)30(20)25-16-10-5-11-17-25)19-28-29-26(31)27(32,23-12-6-3-7-13-23)24-14-8-4-9-15-24/h3-19,32H,1-2H3,(H,29,31)/b28-19+. The molecule has 1 aromatic heterocycles. The largest absolute Gasteiger partial charge is 0.372 e. The number of carbonyl (C=O) groups is 1. The highest BCUT2D eigenvalue weighted by Crippen LogP contribution is 2.30. The maximum atomic E-state index is 13.2. The fourth-order valence-corrected chi connectivity index (χ4v) is 3.92. The highest BCUT2D eigenvalue weighted by atomic mass is 16.3. The molecule has 160 valence electrons. The molecule has 5 nitrogen and oxygen atoms in total. The Morgan fingerprint density at radius 1 is 0.875 bits per heavy atom. The van der Waals surface area contributed by atoms with Crippen molar-refractivity contribution in [1.29, 1.82) is 0 Å². The summed E-state index contributed by atoms with van der Waals surface area (Å²) >= 11 is 0. The van der Waals surface area contributed by atoms with Crippen LogP contribution >= 0.6 is 0 Å². The number of hydrogen-bond acceptors (Lipinski definition) is 3. The van der Waals surface area contributed by atoms with E-state index in [-0.39, 0.29) is 0 Å². The summed E-state index contributed by atoms with van der Waals surface area (Å²) in [5, 5.41) is 15.7. The minimum atomic E-state index is -1.86. The molecule has 0 radical (unpaired) electrons. The maximum absolute atomic E-state index is 13.2. The molecule has 0 atom stereocenters. The summed E-state index contributed by atoms with van der Waals surface area (Å²) in [4.78, 5) is 13.2. The fraction of sp³-hybridized carbons (Fsp3) is 0.111. The molecule has 0 saturated carbocycles. The van der Waals surface area contributed by atoms with Crippen LogP contribution in [0.15, 0.2) is 102 Å². The van der Waals surface area contributed by atoms with Gasteiger partial charge >= 0.3 is 0 Å². The van der Waals surface area contributed by atoms with Gasteiger partial charge in [0.05, 0.1) is 6.21 Å². The van der Waals surface area contributed by atoms with Crippen LogP contribution < -0.4 is 5.43 Å². The Morgan fingerprint density at radius 3 is 1.91 bits per heavy atom. The third-order valence-corrected chi connectivity index (χ3v) is 5.57. The third-order valence-electron chi connectivity index (χ3n) is 5.57. The first-order chi connectivity index (χ1) is 15.5. The zero-order valence-electron chi connectivity index (χ0n) is 18.1. The van der Waals surface area contributed by atoms with Gasteiger partial charge in [-0.15, -0.1) is 0 Å². The van der Waals surface area contributed by atoms with Crippen molar-refractivity contribution in [2.75, 3.05) is 0 Å². The van der Waals surface area contributed by atoms with Gasteiger partial charge in [0.2, 0.25) is 0 Å². The smallest absolute Gasteiger partial charge is 0.281 e. The summed E-state index contributed by atoms with van der Waals surface area (Å²) in [6.45, 7) is 4.03. The Labute approximate surface area is 187 Å². The van der Waals surface area contributed by atoms with E-state index in [0.29, 0.717) is 11.1 Å². The molecule has 4 aromatic rings. The Hall–Kier alpha value is -3.96. The fourth-order valence-electron chi connectivity index (χ4n) is 3.92. The molecule has 0 saturated heterocycles. The summed E-state index contributed by atoms with van der Waals surface area (Å²) in [5.41, 5.74) is 5.64. The van der Waals surface area contributed by atoms with E-state index in [1.807, 2.05) is 62.4 Å². The molecular formula is C27H25N3O2. The summed E-state index contributed by atoms with van der Waals surface area (Å²) in [6, 6.07) is 29.8. The number of benzene rings is 3. The SMILES string of the molecule is Cc1cc(/C=N/NC(=O)C(O)(c2ccccc2)c2ccccc2)c(C)n1-c1ccccc1. The van der Waals surface area contributed by atoms with Gasteiger partial charge in [-0.05, 0) is 43.2 Å². The normalized spacial score (nSPS) is 11.6. The molecule has 0 aliphatic carbocycles. The van der Waals surface area contributed by atoms with Crippen LogP contribution in [0.4, 0.5) is 0 Å². The molecule has 4 rings (SSSR count). The lowest BCUT2D eigenvalue weighted by Crippen LogP contribution is -2.43. The quantitative estimate of drug-likeness (QED) is 0.355. The van der Waals surface area contributed by atoms with Crippen molar-refractivity contribution in [3.8, 4) is 5.69 Å². The van der Waals surface area contributed by atoms with Gasteiger partial charge in [0.25, 0.3) is 5.91 Å². The molecule has 0 bridgehead atoms. The van der Waals surface area contributed by atoms with E-state index in [2.05, 4.69) is 15.1 Å². The van der Waals surface area contributed by atoms with Crippen LogP contribution in [0, 0.1) is 13.8 Å². The summed E-state index contributed by atoms with van der Waals surface area (Å²) in [5.74, 6) is -0.622. The van der Waals surface area contributed by atoms with Gasteiger partial charge in [-0.3, -0.25) is 4.79 Å². The number of hydrazone groups is 1. The van der Waals surface area contributed by atoms with E-state index in [1.165, 1.54) is 0 Å². The van der Waals surface area contributed by atoms with Crippen LogP contribution in [0.1, 0.15) is 28.1 Å². The lowest BCUT2D eigenvalue weighted by Gasteiger charge is -2.27. The van der Waals surface area contributed by atoms with E-state index in [0.717, 1.165) is 22.6 Å². The van der Waals surface area contributed by atoms with Gasteiger partial charge in [-0.1, -0.05) is 78.9 Å². The monoisotopic (exact) mass is 423 g/mol. The molecule has 0 aliphatic rings. The topological polar surface area (TPSA) is 66.6 Å². The summed E-state index contributed by atoms with van der Waals surface area (Å²) in [7, 11) is 0. The molecule has 0 fully saturated rings. The lowest BCUT2D eigenvalue weighted by molar-refractivity contribution is -0.136. The maximum Gasteiger partial charge on any atom is 0.281 e.